The van der Waals surface area contributed by atoms with Gasteiger partial charge in [0.05, 0.1) is 31.6 Å². The Hall–Kier alpha value is -1.40. The van der Waals surface area contributed by atoms with E-state index in [-0.39, 0.29) is 5.91 Å². The molecule has 0 bridgehead atoms. The number of rotatable bonds is 6. The van der Waals surface area contributed by atoms with Gasteiger partial charge in [-0.05, 0) is 6.42 Å². The molecule has 6 heteroatoms. The lowest BCUT2D eigenvalue weighted by atomic mass is 10.1. The second kappa shape index (κ2) is 6.51. The number of hydrogen-bond acceptors (Lipinski definition) is 4. The Morgan fingerprint density at radius 1 is 1.61 bits per heavy atom. The number of methoxy groups -OCH3 is 1. The Morgan fingerprint density at radius 2 is 2.50 bits per heavy atom. The van der Waals surface area contributed by atoms with Crippen molar-refractivity contribution in [1.82, 2.24) is 15.1 Å². The van der Waals surface area contributed by atoms with E-state index in [1.165, 1.54) is 0 Å². The summed E-state index contributed by atoms with van der Waals surface area (Å²) < 4.78 is 10.4. The Balaban J connectivity index is 1.73. The van der Waals surface area contributed by atoms with E-state index < -0.39 is 0 Å². The Bertz CT molecular complexity index is 367. The quantitative estimate of drug-likeness (QED) is 0.751. The Kier molecular flexibility index (Phi) is 4.72. The summed E-state index contributed by atoms with van der Waals surface area (Å²) >= 11 is 0. The fourth-order valence-electron chi connectivity index (χ4n) is 2.10. The van der Waals surface area contributed by atoms with Crippen molar-refractivity contribution in [2.24, 2.45) is 5.92 Å². The summed E-state index contributed by atoms with van der Waals surface area (Å²) in [5, 5.41) is 6.45. The van der Waals surface area contributed by atoms with Crippen molar-refractivity contribution < 1.29 is 14.3 Å². The fraction of sp³-hybridized carbons (Fsp3) is 0.667. The molecular weight excluding hydrogens is 234 g/mol. The van der Waals surface area contributed by atoms with Crippen LogP contribution in [-0.2, 0) is 9.47 Å². The zero-order chi connectivity index (χ0) is 12.8. The molecule has 1 aliphatic rings. The van der Waals surface area contributed by atoms with E-state index in [0.717, 1.165) is 19.5 Å². The molecule has 1 aromatic rings. The number of carbonyl (C=O) groups excluding carboxylic acids is 1. The van der Waals surface area contributed by atoms with Crippen molar-refractivity contribution in [2.75, 3.05) is 40.0 Å². The molecule has 0 aromatic carbocycles. The van der Waals surface area contributed by atoms with Gasteiger partial charge in [-0.3, -0.25) is 9.89 Å². The van der Waals surface area contributed by atoms with Crippen LogP contribution < -0.4 is 0 Å². The summed E-state index contributed by atoms with van der Waals surface area (Å²) in [5.41, 5.74) is 0.621. The number of ether oxygens (including phenoxy) is 2. The maximum Gasteiger partial charge on any atom is 0.257 e. The van der Waals surface area contributed by atoms with Crippen LogP contribution in [0.4, 0.5) is 0 Å². The molecular formula is C12H19N3O3. The van der Waals surface area contributed by atoms with Crippen molar-refractivity contribution in [1.29, 1.82) is 0 Å². The molecule has 1 N–H and O–H groups in total. The number of aromatic nitrogens is 2. The number of nitrogens with one attached hydrogen (secondary N) is 1. The van der Waals surface area contributed by atoms with Gasteiger partial charge in [-0.15, -0.1) is 0 Å². The third kappa shape index (κ3) is 3.30. The van der Waals surface area contributed by atoms with E-state index in [0.29, 0.717) is 31.3 Å². The zero-order valence-corrected chi connectivity index (χ0v) is 10.6. The third-order valence-electron chi connectivity index (χ3n) is 3.10. The summed E-state index contributed by atoms with van der Waals surface area (Å²) in [5.74, 6) is 0.473. The SMILES string of the molecule is COCCOCC1CCN(C(=O)c2cn[nH]c2)C1. The summed E-state index contributed by atoms with van der Waals surface area (Å²) in [7, 11) is 1.66. The molecule has 1 unspecified atom stereocenters. The maximum absolute atomic E-state index is 12.0. The number of amides is 1. The lowest BCUT2D eigenvalue weighted by Gasteiger charge is -2.15. The van der Waals surface area contributed by atoms with Crippen LogP contribution in [0.1, 0.15) is 16.8 Å². The predicted molar refractivity (Wildman–Crippen MR) is 65.3 cm³/mol. The van der Waals surface area contributed by atoms with E-state index >= 15 is 0 Å². The molecule has 100 valence electrons. The number of H-pyrrole nitrogens is 1. The molecule has 0 saturated carbocycles. The molecule has 2 rings (SSSR count). The summed E-state index contributed by atoms with van der Waals surface area (Å²) in [4.78, 5) is 13.9. The van der Waals surface area contributed by atoms with Gasteiger partial charge in [0.15, 0.2) is 0 Å². The minimum atomic E-state index is 0.0446. The molecule has 0 radical (unpaired) electrons. The van der Waals surface area contributed by atoms with Crippen molar-refractivity contribution >= 4 is 5.91 Å². The first-order valence-corrected chi connectivity index (χ1v) is 6.16. The first kappa shape index (κ1) is 13.0. The van der Waals surface area contributed by atoms with Crippen LogP contribution in [-0.4, -0.2) is 61.0 Å². The Labute approximate surface area is 106 Å². The lowest BCUT2D eigenvalue weighted by Crippen LogP contribution is -2.29. The van der Waals surface area contributed by atoms with Crippen LogP contribution in [0.25, 0.3) is 0 Å². The molecule has 1 saturated heterocycles. The highest BCUT2D eigenvalue weighted by Gasteiger charge is 2.27. The second-order valence-electron chi connectivity index (χ2n) is 4.46. The van der Waals surface area contributed by atoms with Crippen LogP contribution in [0.15, 0.2) is 12.4 Å². The highest BCUT2D eigenvalue weighted by Crippen LogP contribution is 2.18. The molecule has 0 spiro atoms. The van der Waals surface area contributed by atoms with Crippen LogP contribution in [0, 0.1) is 5.92 Å². The van der Waals surface area contributed by atoms with Gasteiger partial charge in [0.2, 0.25) is 0 Å². The summed E-state index contributed by atoms with van der Waals surface area (Å²) in [6.07, 6.45) is 4.19. The predicted octanol–water partition coefficient (Wildman–Crippen LogP) is 0.535. The molecule has 1 amide bonds. The highest BCUT2D eigenvalue weighted by atomic mass is 16.5. The summed E-state index contributed by atoms with van der Waals surface area (Å²) in [6.45, 7) is 3.48. The number of nitrogens with zero attached hydrogens (tertiary/aromatic N) is 2. The minimum Gasteiger partial charge on any atom is -0.382 e. The first-order valence-electron chi connectivity index (χ1n) is 6.16. The van der Waals surface area contributed by atoms with Crippen molar-refractivity contribution in [3.63, 3.8) is 0 Å². The van der Waals surface area contributed by atoms with Gasteiger partial charge >= 0.3 is 0 Å². The van der Waals surface area contributed by atoms with Gasteiger partial charge in [0, 0.05) is 32.3 Å². The monoisotopic (exact) mass is 253 g/mol. The topological polar surface area (TPSA) is 67.5 Å². The van der Waals surface area contributed by atoms with E-state index in [1.807, 2.05) is 4.90 Å². The zero-order valence-electron chi connectivity index (χ0n) is 10.6. The third-order valence-corrected chi connectivity index (χ3v) is 3.10. The van der Waals surface area contributed by atoms with Gasteiger partial charge in [0.25, 0.3) is 5.91 Å². The molecule has 6 nitrogen and oxygen atoms in total. The smallest absolute Gasteiger partial charge is 0.257 e. The van der Waals surface area contributed by atoms with Gasteiger partial charge in [-0.2, -0.15) is 5.10 Å². The van der Waals surface area contributed by atoms with Gasteiger partial charge < -0.3 is 14.4 Å². The second-order valence-corrected chi connectivity index (χ2v) is 4.46. The van der Waals surface area contributed by atoms with Gasteiger partial charge in [0.1, 0.15) is 0 Å². The van der Waals surface area contributed by atoms with Crippen LogP contribution in [0.2, 0.25) is 0 Å². The molecule has 1 aromatic heterocycles. The van der Waals surface area contributed by atoms with Crippen LogP contribution >= 0.6 is 0 Å². The average Bonchev–Trinajstić information content (AvgIpc) is 3.05. The average molecular weight is 253 g/mol. The van der Waals surface area contributed by atoms with Crippen molar-refractivity contribution in [3.05, 3.63) is 18.0 Å². The van der Waals surface area contributed by atoms with Gasteiger partial charge in [-0.25, -0.2) is 0 Å². The molecule has 1 fully saturated rings. The summed E-state index contributed by atoms with van der Waals surface area (Å²) in [6, 6.07) is 0. The molecule has 2 heterocycles. The normalized spacial score (nSPS) is 19.4. The standard InChI is InChI=1S/C12H19N3O3/c1-17-4-5-18-9-10-2-3-15(8-10)12(16)11-6-13-14-7-11/h6-7,10H,2-5,8-9H2,1H3,(H,13,14). The molecule has 1 aliphatic heterocycles. The number of likely N-dealkylation sites (tertiary alicyclic amines) is 1. The van der Waals surface area contributed by atoms with Crippen molar-refractivity contribution in [3.8, 4) is 0 Å². The van der Waals surface area contributed by atoms with Gasteiger partial charge in [-0.1, -0.05) is 0 Å². The van der Waals surface area contributed by atoms with Crippen LogP contribution in [0.5, 0.6) is 0 Å². The fourth-order valence-corrected chi connectivity index (χ4v) is 2.10. The minimum absolute atomic E-state index is 0.0446. The first-order chi connectivity index (χ1) is 8.81. The molecule has 0 aliphatic carbocycles. The lowest BCUT2D eigenvalue weighted by molar-refractivity contribution is 0.0515. The van der Waals surface area contributed by atoms with E-state index in [1.54, 1.807) is 19.5 Å². The number of carbonyl (C=O) groups is 1. The Morgan fingerprint density at radius 3 is 3.22 bits per heavy atom. The number of aromatic amines is 1. The maximum atomic E-state index is 12.0. The number of hydrogen-bond donors (Lipinski definition) is 1. The highest BCUT2D eigenvalue weighted by molar-refractivity contribution is 5.93. The van der Waals surface area contributed by atoms with E-state index in [9.17, 15) is 4.79 Å². The molecule has 1 atom stereocenters. The van der Waals surface area contributed by atoms with Crippen molar-refractivity contribution in [2.45, 2.75) is 6.42 Å². The molecule has 18 heavy (non-hydrogen) atoms. The van der Waals surface area contributed by atoms with Crippen LogP contribution in [0.3, 0.4) is 0 Å². The van der Waals surface area contributed by atoms with E-state index in [4.69, 9.17) is 9.47 Å². The van der Waals surface area contributed by atoms with E-state index in [2.05, 4.69) is 10.2 Å². The largest absolute Gasteiger partial charge is 0.382 e.